The van der Waals surface area contributed by atoms with Crippen molar-refractivity contribution in [1.82, 2.24) is 5.32 Å². The molecule has 0 bridgehead atoms. The van der Waals surface area contributed by atoms with Gasteiger partial charge in [-0.25, -0.2) is 13.6 Å². The number of hydrogen-bond donors (Lipinski definition) is 2. The molecule has 4 nitrogen and oxygen atoms in total. The predicted molar refractivity (Wildman–Crippen MR) is 69.3 cm³/mol. The minimum Gasteiger partial charge on any atom is -0.317 e. The van der Waals surface area contributed by atoms with Crippen molar-refractivity contribution >= 4 is 10.0 Å². The first kappa shape index (κ1) is 14.2. The van der Waals surface area contributed by atoms with Gasteiger partial charge in [0.1, 0.15) is 0 Å². The van der Waals surface area contributed by atoms with E-state index >= 15 is 0 Å². The summed E-state index contributed by atoms with van der Waals surface area (Å²) in [6.07, 6.45) is 3.14. The molecule has 96 valence electrons. The minimum absolute atomic E-state index is 0.172. The summed E-state index contributed by atoms with van der Waals surface area (Å²) >= 11 is 0. The van der Waals surface area contributed by atoms with Gasteiger partial charge in [-0.15, -0.1) is 0 Å². The van der Waals surface area contributed by atoms with E-state index in [1.807, 2.05) is 12.1 Å². The van der Waals surface area contributed by atoms with Crippen molar-refractivity contribution in [3.05, 3.63) is 29.8 Å². The fourth-order valence-electron chi connectivity index (χ4n) is 1.57. The van der Waals surface area contributed by atoms with Gasteiger partial charge in [0.2, 0.25) is 10.0 Å². The summed E-state index contributed by atoms with van der Waals surface area (Å²) in [5.41, 5.74) is 1.13. The van der Waals surface area contributed by atoms with Gasteiger partial charge >= 0.3 is 0 Å². The molecule has 1 rings (SSSR count). The van der Waals surface area contributed by atoms with E-state index in [9.17, 15) is 8.42 Å². The van der Waals surface area contributed by atoms with E-state index in [2.05, 4.69) is 12.2 Å². The van der Waals surface area contributed by atoms with Gasteiger partial charge in [-0.1, -0.05) is 19.1 Å². The van der Waals surface area contributed by atoms with Crippen LogP contribution in [0, 0.1) is 0 Å². The van der Waals surface area contributed by atoms with Crippen LogP contribution in [-0.4, -0.2) is 21.5 Å². The van der Waals surface area contributed by atoms with Gasteiger partial charge < -0.3 is 5.32 Å². The summed E-state index contributed by atoms with van der Waals surface area (Å²) < 4.78 is 22.1. The third kappa shape index (κ3) is 5.30. The Balaban J connectivity index is 2.41. The predicted octanol–water partition coefficient (Wildman–Crippen LogP) is 1.27. The first-order chi connectivity index (χ1) is 8.04. The Hall–Kier alpha value is -0.910. The molecule has 0 fully saturated rings. The van der Waals surface area contributed by atoms with Gasteiger partial charge in [0.15, 0.2) is 0 Å². The summed E-state index contributed by atoms with van der Waals surface area (Å²) in [6, 6.07) is 6.76. The molecule has 0 heterocycles. The summed E-state index contributed by atoms with van der Waals surface area (Å²) in [7, 11) is -3.56. The van der Waals surface area contributed by atoms with Crippen molar-refractivity contribution in [2.45, 2.75) is 31.1 Å². The van der Waals surface area contributed by atoms with Crippen LogP contribution in [0.15, 0.2) is 29.2 Å². The minimum atomic E-state index is -3.56. The molecule has 3 N–H and O–H groups in total. The highest BCUT2D eigenvalue weighted by molar-refractivity contribution is 7.89. The maximum atomic E-state index is 11.0. The van der Waals surface area contributed by atoms with Gasteiger partial charge in [-0.05, 0) is 50.0 Å². The van der Waals surface area contributed by atoms with Crippen molar-refractivity contribution < 1.29 is 8.42 Å². The number of nitrogens with one attached hydrogen (secondary N) is 1. The standard InChI is InChI=1S/C12H20N2O2S/c1-2-9-14-10-3-4-11-5-7-12(8-6-11)17(13,15)16/h5-8,14H,2-4,9-10H2,1H3,(H2,13,15,16). The molecule has 5 heteroatoms. The molecule has 0 atom stereocenters. The Morgan fingerprint density at radius 3 is 2.35 bits per heavy atom. The quantitative estimate of drug-likeness (QED) is 0.722. The Bertz CT molecular complexity index is 426. The zero-order valence-corrected chi connectivity index (χ0v) is 11.0. The van der Waals surface area contributed by atoms with E-state index in [1.54, 1.807) is 12.1 Å². The Labute approximate surface area is 103 Å². The molecular formula is C12H20N2O2S. The molecule has 0 amide bonds. The van der Waals surface area contributed by atoms with Crippen LogP contribution in [0.1, 0.15) is 25.3 Å². The lowest BCUT2D eigenvalue weighted by molar-refractivity contribution is 0.597. The number of benzene rings is 1. The van der Waals surface area contributed by atoms with E-state index < -0.39 is 10.0 Å². The Morgan fingerprint density at radius 1 is 1.18 bits per heavy atom. The second-order valence-corrected chi connectivity index (χ2v) is 5.60. The molecule has 0 saturated carbocycles. The maximum absolute atomic E-state index is 11.0. The third-order valence-corrected chi connectivity index (χ3v) is 3.43. The lowest BCUT2D eigenvalue weighted by Gasteiger charge is -2.04. The van der Waals surface area contributed by atoms with Crippen molar-refractivity contribution in [3.63, 3.8) is 0 Å². The molecule has 17 heavy (non-hydrogen) atoms. The van der Waals surface area contributed by atoms with Crippen LogP contribution >= 0.6 is 0 Å². The second-order valence-electron chi connectivity index (χ2n) is 4.04. The van der Waals surface area contributed by atoms with E-state index in [0.717, 1.165) is 37.9 Å². The Kier molecular flexibility index (Phi) is 5.61. The summed E-state index contributed by atoms with van der Waals surface area (Å²) in [4.78, 5) is 0.172. The van der Waals surface area contributed by atoms with Crippen LogP contribution in [0.2, 0.25) is 0 Å². The summed E-state index contributed by atoms with van der Waals surface area (Å²) in [5, 5.41) is 8.35. The van der Waals surface area contributed by atoms with Crippen LogP contribution in [-0.2, 0) is 16.4 Å². The van der Waals surface area contributed by atoms with Gasteiger partial charge in [0.25, 0.3) is 0 Å². The molecule has 0 aliphatic carbocycles. The van der Waals surface area contributed by atoms with E-state index in [0.29, 0.717) is 0 Å². The SMILES string of the molecule is CCCNCCCc1ccc(S(N)(=O)=O)cc1. The van der Waals surface area contributed by atoms with Crippen LogP contribution in [0.3, 0.4) is 0 Å². The average Bonchev–Trinajstić information content (AvgIpc) is 2.28. The molecular weight excluding hydrogens is 236 g/mol. The highest BCUT2D eigenvalue weighted by Crippen LogP contribution is 2.09. The van der Waals surface area contributed by atoms with Gasteiger partial charge in [0, 0.05) is 0 Å². The van der Waals surface area contributed by atoms with Gasteiger partial charge in [-0.3, -0.25) is 0 Å². The zero-order chi connectivity index (χ0) is 12.7. The number of aryl methyl sites for hydroxylation is 1. The molecule has 0 spiro atoms. The largest absolute Gasteiger partial charge is 0.317 e. The number of rotatable bonds is 7. The van der Waals surface area contributed by atoms with Gasteiger partial charge in [-0.2, -0.15) is 0 Å². The van der Waals surface area contributed by atoms with Crippen molar-refractivity contribution in [1.29, 1.82) is 0 Å². The van der Waals surface area contributed by atoms with Crippen LogP contribution in [0.5, 0.6) is 0 Å². The van der Waals surface area contributed by atoms with Crippen LogP contribution in [0.25, 0.3) is 0 Å². The molecule has 0 aromatic heterocycles. The van der Waals surface area contributed by atoms with Crippen molar-refractivity contribution in [2.75, 3.05) is 13.1 Å². The van der Waals surface area contributed by atoms with Crippen LogP contribution < -0.4 is 10.5 Å². The van der Waals surface area contributed by atoms with Crippen LogP contribution in [0.4, 0.5) is 0 Å². The van der Waals surface area contributed by atoms with Crippen molar-refractivity contribution in [3.8, 4) is 0 Å². The smallest absolute Gasteiger partial charge is 0.238 e. The van der Waals surface area contributed by atoms with Crippen molar-refractivity contribution in [2.24, 2.45) is 5.14 Å². The fourth-order valence-corrected chi connectivity index (χ4v) is 2.08. The maximum Gasteiger partial charge on any atom is 0.238 e. The highest BCUT2D eigenvalue weighted by Gasteiger charge is 2.06. The lowest BCUT2D eigenvalue weighted by atomic mass is 10.1. The lowest BCUT2D eigenvalue weighted by Crippen LogP contribution is -2.16. The van der Waals surface area contributed by atoms with E-state index in [4.69, 9.17) is 5.14 Å². The topological polar surface area (TPSA) is 72.2 Å². The second kappa shape index (κ2) is 6.74. The molecule has 0 radical (unpaired) electrons. The first-order valence-electron chi connectivity index (χ1n) is 5.86. The molecule has 0 aliphatic heterocycles. The highest BCUT2D eigenvalue weighted by atomic mass is 32.2. The number of sulfonamides is 1. The molecule has 1 aromatic carbocycles. The van der Waals surface area contributed by atoms with E-state index in [-0.39, 0.29) is 4.90 Å². The number of hydrogen-bond acceptors (Lipinski definition) is 3. The zero-order valence-electron chi connectivity index (χ0n) is 10.1. The number of nitrogens with two attached hydrogens (primary N) is 1. The third-order valence-electron chi connectivity index (χ3n) is 2.50. The molecule has 0 unspecified atom stereocenters. The normalized spacial score (nSPS) is 11.6. The molecule has 1 aromatic rings. The molecule has 0 saturated heterocycles. The number of primary sulfonamides is 1. The Morgan fingerprint density at radius 2 is 1.82 bits per heavy atom. The van der Waals surface area contributed by atoms with E-state index in [1.165, 1.54) is 0 Å². The first-order valence-corrected chi connectivity index (χ1v) is 7.41. The van der Waals surface area contributed by atoms with Gasteiger partial charge in [0.05, 0.1) is 4.90 Å². The average molecular weight is 256 g/mol. The summed E-state index contributed by atoms with van der Waals surface area (Å²) in [5.74, 6) is 0. The molecule has 0 aliphatic rings. The fraction of sp³-hybridized carbons (Fsp3) is 0.500. The monoisotopic (exact) mass is 256 g/mol. The summed E-state index contributed by atoms with van der Waals surface area (Å²) in [6.45, 7) is 4.17.